The van der Waals surface area contributed by atoms with E-state index in [2.05, 4.69) is 42.3 Å². The lowest BCUT2D eigenvalue weighted by molar-refractivity contribution is 0.604. The molecule has 1 aliphatic heterocycles. The summed E-state index contributed by atoms with van der Waals surface area (Å²) >= 11 is 5.82. The van der Waals surface area contributed by atoms with Gasteiger partial charge < -0.3 is 15.2 Å². The number of hydrogen-bond acceptors (Lipinski definition) is 4. The van der Waals surface area contributed by atoms with Crippen LogP contribution in [0.15, 0.2) is 23.3 Å². The SMILES string of the molecule is CCNC(=NCCc1nnc2n1CCCCC2)NCCc1ccc(Cl)nc1. The number of aliphatic imine (C=N–C) groups is 1. The molecule has 27 heavy (non-hydrogen) atoms. The number of guanidine groups is 1. The van der Waals surface area contributed by atoms with Crippen LogP contribution >= 0.6 is 11.6 Å². The molecule has 2 aromatic rings. The first-order chi connectivity index (χ1) is 13.3. The number of aromatic nitrogens is 4. The molecule has 0 saturated carbocycles. The maximum absolute atomic E-state index is 5.82. The second kappa shape index (κ2) is 10.3. The lowest BCUT2D eigenvalue weighted by Gasteiger charge is -2.11. The molecular formula is C19H28ClN7. The van der Waals surface area contributed by atoms with Crippen LogP contribution in [0.3, 0.4) is 0 Å². The summed E-state index contributed by atoms with van der Waals surface area (Å²) in [6.45, 7) is 5.41. The Balaban J connectivity index is 1.50. The van der Waals surface area contributed by atoms with Gasteiger partial charge in [0, 0.05) is 45.2 Å². The Morgan fingerprint density at radius 3 is 2.93 bits per heavy atom. The highest BCUT2D eigenvalue weighted by Gasteiger charge is 2.14. The zero-order chi connectivity index (χ0) is 18.9. The van der Waals surface area contributed by atoms with Gasteiger partial charge in [-0.1, -0.05) is 24.1 Å². The predicted molar refractivity (Wildman–Crippen MR) is 108 cm³/mol. The van der Waals surface area contributed by atoms with Crippen molar-refractivity contribution in [3.05, 3.63) is 40.7 Å². The smallest absolute Gasteiger partial charge is 0.191 e. The molecule has 0 unspecified atom stereocenters. The number of halogens is 1. The number of fused-ring (bicyclic) bond motifs is 1. The maximum Gasteiger partial charge on any atom is 0.191 e. The summed E-state index contributed by atoms with van der Waals surface area (Å²) in [5.41, 5.74) is 1.15. The van der Waals surface area contributed by atoms with E-state index in [1.54, 1.807) is 0 Å². The van der Waals surface area contributed by atoms with Gasteiger partial charge in [-0.15, -0.1) is 10.2 Å². The van der Waals surface area contributed by atoms with Gasteiger partial charge in [-0.25, -0.2) is 4.98 Å². The third-order valence-corrected chi connectivity index (χ3v) is 4.85. The molecule has 1 aliphatic rings. The van der Waals surface area contributed by atoms with Crippen LogP contribution in [0.2, 0.25) is 5.15 Å². The molecule has 0 radical (unpaired) electrons. The molecule has 0 saturated heterocycles. The van der Waals surface area contributed by atoms with Gasteiger partial charge in [-0.05, 0) is 37.8 Å². The van der Waals surface area contributed by atoms with E-state index >= 15 is 0 Å². The standard InChI is InChI=1S/C19H28ClN7/c1-2-21-19(22-11-9-15-7-8-16(20)24-14-15)23-12-10-18-26-25-17-6-4-3-5-13-27(17)18/h7-8,14H,2-6,9-13H2,1H3,(H2,21,22,23). The molecule has 7 nitrogen and oxygen atoms in total. The van der Waals surface area contributed by atoms with Crippen LogP contribution in [0.5, 0.6) is 0 Å². The summed E-state index contributed by atoms with van der Waals surface area (Å²) in [6.07, 6.45) is 8.24. The van der Waals surface area contributed by atoms with Crippen molar-refractivity contribution in [1.29, 1.82) is 0 Å². The van der Waals surface area contributed by atoms with E-state index in [1.807, 2.05) is 18.3 Å². The summed E-state index contributed by atoms with van der Waals surface area (Å²) in [7, 11) is 0. The minimum absolute atomic E-state index is 0.521. The van der Waals surface area contributed by atoms with Crippen molar-refractivity contribution in [2.45, 2.75) is 52.0 Å². The highest BCUT2D eigenvalue weighted by atomic mass is 35.5. The Bertz CT molecular complexity index is 739. The summed E-state index contributed by atoms with van der Waals surface area (Å²) < 4.78 is 2.29. The van der Waals surface area contributed by atoms with Gasteiger partial charge in [0.25, 0.3) is 0 Å². The number of nitrogens with zero attached hydrogens (tertiary/aromatic N) is 5. The average molecular weight is 390 g/mol. The lowest BCUT2D eigenvalue weighted by Crippen LogP contribution is -2.38. The van der Waals surface area contributed by atoms with E-state index in [0.29, 0.717) is 11.7 Å². The third kappa shape index (κ3) is 5.92. The summed E-state index contributed by atoms with van der Waals surface area (Å²) in [6, 6.07) is 3.82. The number of nitrogens with one attached hydrogen (secondary N) is 2. The minimum atomic E-state index is 0.521. The highest BCUT2D eigenvalue weighted by Crippen LogP contribution is 2.14. The molecule has 0 bridgehead atoms. The zero-order valence-electron chi connectivity index (χ0n) is 15.9. The monoisotopic (exact) mass is 389 g/mol. The van der Waals surface area contributed by atoms with E-state index in [9.17, 15) is 0 Å². The molecule has 2 N–H and O–H groups in total. The first-order valence-electron chi connectivity index (χ1n) is 9.80. The van der Waals surface area contributed by atoms with E-state index in [0.717, 1.165) is 62.1 Å². The predicted octanol–water partition coefficient (Wildman–Crippen LogP) is 2.39. The highest BCUT2D eigenvalue weighted by molar-refractivity contribution is 6.29. The van der Waals surface area contributed by atoms with Gasteiger partial charge in [0.15, 0.2) is 5.96 Å². The van der Waals surface area contributed by atoms with Crippen molar-refractivity contribution >= 4 is 17.6 Å². The number of rotatable bonds is 7. The normalized spacial score (nSPS) is 14.5. The first kappa shape index (κ1) is 19.6. The van der Waals surface area contributed by atoms with Gasteiger partial charge in [0.2, 0.25) is 0 Å². The van der Waals surface area contributed by atoms with Crippen LogP contribution in [0.4, 0.5) is 0 Å². The molecule has 0 aliphatic carbocycles. The van der Waals surface area contributed by atoms with Crippen LogP contribution in [-0.4, -0.2) is 45.3 Å². The van der Waals surface area contributed by atoms with Crippen molar-refractivity contribution in [1.82, 2.24) is 30.4 Å². The Morgan fingerprint density at radius 1 is 1.19 bits per heavy atom. The van der Waals surface area contributed by atoms with Crippen LogP contribution in [-0.2, 0) is 25.8 Å². The summed E-state index contributed by atoms with van der Waals surface area (Å²) in [5.74, 6) is 3.02. The molecule has 0 aromatic carbocycles. The molecule has 146 valence electrons. The van der Waals surface area contributed by atoms with Crippen LogP contribution < -0.4 is 10.6 Å². The van der Waals surface area contributed by atoms with E-state index in [1.165, 1.54) is 19.3 Å². The third-order valence-electron chi connectivity index (χ3n) is 4.63. The van der Waals surface area contributed by atoms with Crippen LogP contribution in [0, 0.1) is 0 Å². The summed E-state index contributed by atoms with van der Waals surface area (Å²) in [4.78, 5) is 8.79. The number of aryl methyl sites for hydroxylation is 1. The molecule has 3 heterocycles. The maximum atomic E-state index is 5.82. The molecule has 0 atom stereocenters. The van der Waals surface area contributed by atoms with Gasteiger partial charge in [-0.2, -0.15) is 0 Å². The van der Waals surface area contributed by atoms with Crippen molar-refractivity contribution in [3.63, 3.8) is 0 Å². The Morgan fingerprint density at radius 2 is 2.11 bits per heavy atom. The van der Waals surface area contributed by atoms with E-state index < -0.39 is 0 Å². The topological polar surface area (TPSA) is 80.0 Å². The summed E-state index contributed by atoms with van der Waals surface area (Å²) in [5, 5.41) is 15.9. The molecule has 0 fully saturated rings. The van der Waals surface area contributed by atoms with Crippen molar-refractivity contribution in [2.24, 2.45) is 4.99 Å². The Labute approximate surface area is 165 Å². The zero-order valence-corrected chi connectivity index (χ0v) is 16.7. The van der Waals surface area contributed by atoms with Crippen LogP contribution in [0.25, 0.3) is 0 Å². The quantitative estimate of drug-likeness (QED) is 0.432. The Kier molecular flexibility index (Phi) is 7.45. The lowest BCUT2D eigenvalue weighted by atomic mass is 10.2. The fraction of sp³-hybridized carbons (Fsp3) is 0.579. The largest absolute Gasteiger partial charge is 0.357 e. The van der Waals surface area contributed by atoms with Crippen molar-refractivity contribution in [2.75, 3.05) is 19.6 Å². The fourth-order valence-electron chi connectivity index (χ4n) is 3.22. The molecule has 2 aromatic heterocycles. The molecule has 8 heteroatoms. The van der Waals surface area contributed by atoms with Gasteiger partial charge in [-0.3, -0.25) is 4.99 Å². The second-order valence-electron chi connectivity index (χ2n) is 6.67. The van der Waals surface area contributed by atoms with Crippen LogP contribution in [0.1, 0.15) is 43.4 Å². The molecule has 0 spiro atoms. The molecule has 3 rings (SSSR count). The first-order valence-corrected chi connectivity index (χ1v) is 10.2. The average Bonchev–Trinajstić information content (AvgIpc) is 2.90. The van der Waals surface area contributed by atoms with Crippen molar-refractivity contribution < 1.29 is 0 Å². The molecular weight excluding hydrogens is 362 g/mol. The fourth-order valence-corrected chi connectivity index (χ4v) is 3.33. The minimum Gasteiger partial charge on any atom is -0.357 e. The van der Waals surface area contributed by atoms with E-state index in [-0.39, 0.29) is 0 Å². The van der Waals surface area contributed by atoms with Gasteiger partial charge >= 0.3 is 0 Å². The van der Waals surface area contributed by atoms with E-state index in [4.69, 9.17) is 11.6 Å². The Hall–Kier alpha value is -2.15. The van der Waals surface area contributed by atoms with Gasteiger partial charge in [0.1, 0.15) is 16.8 Å². The number of pyridine rings is 1. The van der Waals surface area contributed by atoms with Gasteiger partial charge in [0.05, 0.1) is 0 Å². The second-order valence-corrected chi connectivity index (χ2v) is 7.06. The number of hydrogen-bond donors (Lipinski definition) is 2. The van der Waals surface area contributed by atoms with Crippen molar-refractivity contribution in [3.8, 4) is 0 Å². The molecule has 0 amide bonds.